The molecule has 0 aromatic heterocycles. The molecular formula is C16H24ClF3N2O. The van der Waals surface area contributed by atoms with Crippen LogP contribution in [0.3, 0.4) is 0 Å². The average Bonchev–Trinajstić information content (AvgIpc) is 2.48. The number of rotatable bonds is 6. The predicted molar refractivity (Wildman–Crippen MR) is 87.3 cm³/mol. The Kier molecular flexibility index (Phi) is 8.16. The van der Waals surface area contributed by atoms with Gasteiger partial charge in [0.25, 0.3) is 0 Å². The molecule has 0 radical (unpaired) electrons. The summed E-state index contributed by atoms with van der Waals surface area (Å²) in [7, 11) is 2.05. The number of hydrogen-bond donors (Lipinski definition) is 1. The highest BCUT2D eigenvalue weighted by molar-refractivity contribution is 5.85. The lowest BCUT2D eigenvalue weighted by atomic mass is 9.98. The van der Waals surface area contributed by atoms with Crippen molar-refractivity contribution in [2.24, 2.45) is 5.92 Å². The molecule has 1 N–H and O–H groups in total. The number of alkyl halides is 3. The van der Waals surface area contributed by atoms with E-state index in [2.05, 4.69) is 17.3 Å². The van der Waals surface area contributed by atoms with Crippen LogP contribution in [0.1, 0.15) is 18.4 Å². The Labute approximate surface area is 141 Å². The molecule has 1 aliphatic rings. The van der Waals surface area contributed by atoms with Crippen molar-refractivity contribution in [1.29, 1.82) is 0 Å². The molecule has 1 aromatic carbocycles. The molecule has 0 bridgehead atoms. The van der Waals surface area contributed by atoms with Crippen LogP contribution in [-0.4, -0.2) is 44.7 Å². The van der Waals surface area contributed by atoms with Crippen LogP contribution in [0.5, 0.6) is 5.75 Å². The van der Waals surface area contributed by atoms with Crippen molar-refractivity contribution in [3.05, 3.63) is 29.8 Å². The Morgan fingerprint density at radius 1 is 1.17 bits per heavy atom. The molecule has 7 heteroatoms. The molecule has 0 atom stereocenters. The van der Waals surface area contributed by atoms with Crippen LogP contribution in [0.25, 0.3) is 0 Å². The maximum atomic E-state index is 12.4. The van der Waals surface area contributed by atoms with Gasteiger partial charge in [0.15, 0.2) is 0 Å². The van der Waals surface area contributed by atoms with E-state index in [0.29, 0.717) is 12.4 Å². The van der Waals surface area contributed by atoms with Crippen molar-refractivity contribution in [2.75, 3.05) is 39.8 Å². The Morgan fingerprint density at radius 3 is 2.35 bits per heavy atom. The Morgan fingerprint density at radius 2 is 1.78 bits per heavy atom. The second kappa shape index (κ2) is 9.35. The fourth-order valence-electron chi connectivity index (χ4n) is 2.66. The van der Waals surface area contributed by atoms with Crippen molar-refractivity contribution >= 4 is 12.4 Å². The van der Waals surface area contributed by atoms with Crippen molar-refractivity contribution in [3.8, 4) is 5.75 Å². The topological polar surface area (TPSA) is 24.5 Å². The molecule has 0 unspecified atom stereocenters. The molecule has 1 fully saturated rings. The molecular weight excluding hydrogens is 329 g/mol. The third-order valence-electron chi connectivity index (χ3n) is 3.95. The molecule has 0 spiro atoms. The summed E-state index contributed by atoms with van der Waals surface area (Å²) in [5, 5.41) is 3.34. The van der Waals surface area contributed by atoms with Gasteiger partial charge in [-0.15, -0.1) is 12.4 Å². The van der Waals surface area contributed by atoms with Gasteiger partial charge < -0.3 is 15.0 Å². The van der Waals surface area contributed by atoms with E-state index in [0.717, 1.165) is 44.2 Å². The van der Waals surface area contributed by atoms with E-state index < -0.39 is 11.7 Å². The molecule has 1 heterocycles. The summed E-state index contributed by atoms with van der Waals surface area (Å²) in [6, 6.07) is 4.84. The summed E-state index contributed by atoms with van der Waals surface area (Å²) in [6.07, 6.45) is -1.90. The lowest BCUT2D eigenvalue weighted by Gasteiger charge is -2.27. The summed E-state index contributed by atoms with van der Waals surface area (Å²) < 4.78 is 42.9. The lowest BCUT2D eigenvalue weighted by Crippen LogP contribution is -2.36. The van der Waals surface area contributed by atoms with E-state index in [9.17, 15) is 13.2 Å². The number of piperidine rings is 1. The number of ether oxygens (including phenoxy) is 1. The van der Waals surface area contributed by atoms with Gasteiger partial charge in [0.1, 0.15) is 12.4 Å². The highest BCUT2D eigenvalue weighted by Crippen LogP contribution is 2.30. The Hall–Kier alpha value is -0.980. The second-order valence-electron chi connectivity index (χ2n) is 5.83. The fraction of sp³-hybridized carbons (Fsp3) is 0.625. The third kappa shape index (κ3) is 6.97. The van der Waals surface area contributed by atoms with E-state index in [4.69, 9.17) is 4.74 Å². The second-order valence-corrected chi connectivity index (χ2v) is 5.83. The summed E-state index contributed by atoms with van der Waals surface area (Å²) >= 11 is 0. The number of nitrogens with zero attached hydrogens (tertiary/aromatic N) is 1. The monoisotopic (exact) mass is 352 g/mol. The molecule has 1 aliphatic heterocycles. The van der Waals surface area contributed by atoms with E-state index in [1.54, 1.807) is 0 Å². The molecule has 1 aromatic rings. The molecule has 0 aliphatic carbocycles. The first-order valence-corrected chi connectivity index (χ1v) is 7.64. The largest absolute Gasteiger partial charge is 0.492 e. The van der Waals surface area contributed by atoms with Gasteiger partial charge in [-0.25, -0.2) is 0 Å². The lowest BCUT2D eigenvalue weighted by molar-refractivity contribution is -0.137. The van der Waals surface area contributed by atoms with Gasteiger partial charge in [0, 0.05) is 13.1 Å². The molecule has 1 saturated heterocycles. The average molecular weight is 353 g/mol. The van der Waals surface area contributed by atoms with Gasteiger partial charge in [-0.2, -0.15) is 13.2 Å². The maximum absolute atomic E-state index is 12.4. The predicted octanol–water partition coefficient (Wildman–Crippen LogP) is 3.44. The standard InChI is InChI=1S/C16H23F3N2O.ClH/c1-21(12-13-6-8-20-9-7-13)10-11-22-15-4-2-14(3-5-15)16(17,18)19;/h2-5,13,20H,6-12H2,1H3;1H. The minimum absolute atomic E-state index is 0. The number of hydrogen-bond acceptors (Lipinski definition) is 3. The quantitative estimate of drug-likeness (QED) is 0.848. The van der Waals surface area contributed by atoms with Gasteiger partial charge in [0.2, 0.25) is 0 Å². The molecule has 0 amide bonds. The first-order chi connectivity index (χ1) is 10.4. The van der Waals surface area contributed by atoms with Crippen LogP contribution in [0.4, 0.5) is 13.2 Å². The van der Waals surface area contributed by atoms with Crippen molar-refractivity contribution in [2.45, 2.75) is 19.0 Å². The zero-order chi connectivity index (χ0) is 16.0. The van der Waals surface area contributed by atoms with E-state index in [1.807, 2.05) is 0 Å². The first-order valence-electron chi connectivity index (χ1n) is 7.64. The minimum Gasteiger partial charge on any atom is -0.492 e. The van der Waals surface area contributed by atoms with Crippen LogP contribution in [0.15, 0.2) is 24.3 Å². The molecule has 23 heavy (non-hydrogen) atoms. The van der Waals surface area contributed by atoms with Crippen molar-refractivity contribution in [1.82, 2.24) is 10.2 Å². The fourth-order valence-corrected chi connectivity index (χ4v) is 2.66. The van der Waals surface area contributed by atoms with Crippen LogP contribution in [0, 0.1) is 5.92 Å². The van der Waals surface area contributed by atoms with Crippen LogP contribution < -0.4 is 10.1 Å². The molecule has 2 rings (SSSR count). The zero-order valence-electron chi connectivity index (χ0n) is 13.2. The normalized spacial score (nSPS) is 16.2. The molecule has 0 saturated carbocycles. The van der Waals surface area contributed by atoms with Crippen LogP contribution in [-0.2, 0) is 6.18 Å². The maximum Gasteiger partial charge on any atom is 0.416 e. The highest BCUT2D eigenvalue weighted by Gasteiger charge is 2.30. The SMILES string of the molecule is CN(CCOc1ccc(C(F)(F)F)cc1)CC1CCNCC1.Cl. The van der Waals surface area contributed by atoms with Gasteiger partial charge in [-0.3, -0.25) is 0 Å². The van der Waals surface area contributed by atoms with Crippen molar-refractivity contribution < 1.29 is 17.9 Å². The highest BCUT2D eigenvalue weighted by atomic mass is 35.5. The Bertz CT molecular complexity index is 448. The zero-order valence-corrected chi connectivity index (χ0v) is 14.1. The van der Waals surface area contributed by atoms with E-state index in [-0.39, 0.29) is 12.4 Å². The van der Waals surface area contributed by atoms with Gasteiger partial charge >= 0.3 is 6.18 Å². The summed E-state index contributed by atoms with van der Waals surface area (Å²) in [5.41, 5.74) is -0.650. The van der Waals surface area contributed by atoms with Crippen LogP contribution >= 0.6 is 12.4 Å². The van der Waals surface area contributed by atoms with E-state index in [1.165, 1.54) is 25.0 Å². The number of likely N-dealkylation sites (N-methyl/N-ethyl adjacent to an activating group) is 1. The minimum atomic E-state index is -4.30. The Balaban J connectivity index is 0.00000264. The number of halogens is 4. The van der Waals surface area contributed by atoms with Gasteiger partial charge in [-0.1, -0.05) is 0 Å². The molecule has 3 nitrogen and oxygen atoms in total. The van der Waals surface area contributed by atoms with E-state index >= 15 is 0 Å². The first kappa shape index (κ1) is 20.1. The number of benzene rings is 1. The summed E-state index contributed by atoms with van der Waals surface area (Å²) in [5.74, 6) is 1.19. The number of nitrogens with one attached hydrogen (secondary N) is 1. The van der Waals surface area contributed by atoms with Gasteiger partial charge in [0.05, 0.1) is 5.56 Å². The third-order valence-corrected chi connectivity index (χ3v) is 3.95. The van der Waals surface area contributed by atoms with Crippen LogP contribution in [0.2, 0.25) is 0 Å². The summed E-state index contributed by atoms with van der Waals surface area (Å²) in [4.78, 5) is 2.22. The smallest absolute Gasteiger partial charge is 0.416 e. The van der Waals surface area contributed by atoms with Gasteiger partial charge in [-0.05, 0) is 63.2 Å². The summed E-state index contributed by atoms with van der Waals surface area (Å²) in [6.45, 7) is 4.46. The molecule has 132 valence electrons. The van der Waals surface area contributed by atoms with Crippen molar-refractivity contribution in [3.63, 3.8) is 0 Å².